The maximum absolute atomic E-state index is 4.03. The standard InChI is InChI=1S/C20H18N.Ir/c1-15-10-11-16(2)19(13-15)17-7-6-8-18(14-17)20-9-4-5-12-21(20)3;/h4-7,9-14H,3H2,1-2H3;/q-1;. The molecule has 0 N–H and O–H groups in total. The van der Waals surface area contributed by atoms with Gasteiger partial charge in [0.1, 0.15) is 5.69 Å². The first kappa shape index (κ1) is 16.5. The molecule has 0 unspecified atom stereocenters. The number of rotatable bonds is 2. The number of pyridine rings is 1. The molecule has 0 bridgehead atoms. The van der Waals surface area contributed by atoms with Gasteiger partial charge < -0.3 is 4.57 Å². The van der Waals surface area contributed by atoms with Crippen LogP contribution >= 0.6 is 0 Å². The zero-order valence-corrected chi connectivity index (χ0v) is 15.2. The van der Waals surface area contributed by atoms with Gasteiger partial charge in [0.25, 0.3) is 0 Å². The monoisotopic (exact) mass is 465 g/mol. The van der Waals surface area contributed by atoms with Crippen LogP contribution in [0.1, 0.15) is 11.1 Å². The quantitative estimate of drug-likeness (QED) is 0.392. The van der Waals surface area contributed by atoms with Crippen LogP contribution < -0.4 is 4.57 Å². The van der Waals surface area contributed by atoms with Gasteiger partial charge in [-0.1, -0.05) is 41.5 Å². The maximum Gasteiger partial charge on any atom is 0.115 e. The van der Waals surface area contributed by atoms with E-state index in [0.29, 0.717) is 0 Å². The van der Waals surface area contributed by atoms with Crippen LogP contribution in [0.3, 0.4) is 0 Å². The molecule has 0 fully saturated rings. The summed E-state index contributed by atoms with van der Waals surface area (Å²) in [6, 6.07) is 22.2. The van der Waals surface area contributed by atoms with Crippen molar-refractivity contribution in [1.29, 1.82) is 0 Å². The van der Waals surface area contributed by atoms with Gasteiger partial charge in [-0.25, -0.2) is 0 Å². The summed E-state index contributed by atoms with van der Waals surface area (Å²) in [6.45, 7) is 4.27. The van der Waals surface area contributed by atoms with Gasteiger partial charge in [-0.05, 0) is 31.0 Å². The molecule has 22 heavy (non-hydrogen) atoms. The van der Waals surface area contributed by atoms with Gasteiger partial charge in [0.2, 0.25) is 0 Å². The van der Waals surface area contributed by atoms with Crippen molar-refractivity contribution in [3.8, 4) is 22.4 Å². The molecule has 3 rings (SSSR count). The molecule has 0 spiro atoms. The third kappa shape index (κ3) is 3.30. The summed E-state index contributed by atoms with van der Waals surface area (Å²) in [4.78, 5) is 0. The van der Waals surface area contributed by atoms with Gasteiger partial charge in [-0.2, -0.15) is 0 Å². The van der Waals surface area contributed by atoms with Crippen LogP contribution in [-0.2, 0) is 20.1 Å². The molecule has 113 valence electrons. The topological polar surface area (TPSA) is 3.88 Å². The Morgan fingerprint density at radius 1 is 1.00 bits per heavy atom. The molecule has 0 atom stereocenters. The number of aryl methyl sites for hydroxylation is 2. The summed E-state index contributed by atoms with van der Waals surface area (Å²) in [5.74, 6) is 0. The third-order valence-corrected chi connectivity index (χ3v) is 3.72. The fourth-order valence-corrected chi connectivity index (χ4v) is 2.55. The van der Waals surface area contributed by atoms with E-state index in [1.807, 2.05) is 29.0 Å². The Bertz CT molecular complexity index is 793. The SMILES string of the molecule is [CH2-][n+]1ccccc1-c1[c-]ccc(-c2cc(C)ccc2C)c1.[Ir]. The Hall–Kier alpha value is -1.89. The Kier molecular flexibility index (Phi) is 5.18. The number of hydrogen-bond donors (Lipinski definition) is 0. The first-order valence-electron chi connectivity index (χ1n) is 7.06. The summed E-state index contributed by atoms with van der Waals surface area (Å²) in [6.07, 6.45) is 1.95. The summed E-state index contributed by atoms with van der Waals surface area (Å²) < 4.78 is 1.87. The predicted octanol–water partition coefficient (Wildman–Crippen LogP) is 4.36. The number of hydrogen-bond acceptors (Lipinski definition) is 0. The predicted molar refractivity (Wildman–Crippen MR) is 86.6 cm³/mol. The van der Waals surface area contributed by atoms with E-state index >= 15 is 0 Å². The van der Waals surface area contributed by atoms with Crippen molar-refractivity contribution in [3.05, 3.63) is 85.0 Å². The van der Waals surface area contributed by atoms with Crippen molar-refractivity contribution >= 4 is 0 Å². The van der Waals surface area contributed by atoms with E-state index < -0.39 is 0 Å². The molecule has 3 aromatic rings. The molecule has 2 aromatic carbocycles. The second-order valence-corrected chi connectivity index (χ2v) is 5.37. The van der Waals surface area contributed by atoms with Crippen LogP contribution in [0.5, 0.6) is 0 Å². The Morgan fingerprint density at radius 3 is 2.59 bits per heavy atom. The smallest absolute Gasteiger partial charge is 0.115 e. The van der Waals surface area contributed by atoms with Gasteiger partial charge >= 0.3 is 0 Å². The minimum atomic E-state index is 0. The van der Waals surface area contributed by atoms with E-state index in [0.717, 1.165) is 11.3 Å². The van der Waals surface area contributed by atoms with E-state index in [4.69, 9.17) is 0 Å². The molecule has 0 saturated carbocycles. The number of nitrogens with zero attached hydrogens (tertiary/aromatic N) is 1. The van der Waals surface area contributed by atoms with Crippen LogP contribution in [0.25, 0.3) is 22.4 Å². The van der Waals surface area contributed by atoms with E-state index in [2.05, 4.69) is 63.4 Å². The van der Waals surface area contributed by atoms with Crippen LogP contribution in [0.4, 0.5) is 0 Å². The van der Waals surface area contributed by atoms with Crippen molar-refractivity contribution in [2.24, 2.45) is 0 Å². The van der Waals surface area contributed by atoms with Crippen LogP contribution in [-0.4, -0.2) is 0 Å². The molecular formula is C20H18IrN-. The largest absolute Gasteiger partial charge is 0.321 e. The van der Waals surface area contributed by atoms with Crippen LogP contribution in [0.2, 0.25) is 0 Å². The molecule has 1 aromatic heterocycles. The summed E-state index contributed by atoms with van der Waals surface area (Å²) in [7, 11) is 4.03. The fourth-order valence-electron chi connectivity index (χ4n) is 2.55. The maximum atomic E-state index is 4.03. The average molecular weight is 465 g/mol. The summed E-state index contributed by atoms with van der Waals surface area (Å²) in [5, 5.41) is 0. The van der Waals surface area contributed by atoms with E-state index in [9.17, 15) is 0 Å². The third-order valence-electron chi connectivity index (χ3n) is 3.72. The van der Waals surface area contributed by atoms with E-state index in [-0.39, 0.29) is 20.1 Å². The first-order chi connectivity index (χ1) is 10.1. The molecular weight excluding hydrogens is 446 g/mol. The molecule has 1 radical (unpaired) electrons. The zero-order valence-electron chi connectivity index (χ0n) is 12.8. The Morgan fingerprint density at radius 2 is 1.82 bits per heavy atom. The summed E-state index contributed by atoms with van der Waals surface area (Å²) in [5.41, 5.74) is 7.17. The zero-order chi connectivity index (χ0) is 14.8. The average Bonchev–Trinajstić information content (AvgIpc) is 2.50. The van der Waals surface area contributed by atoms with Gasteiger partial charge in [0.05, 0.1) is 6.20 Å². The van der Waals surface area contributed by atoms with E-state index in [1.165, 1.54) is 22.3 Å². The molecule has 1 heterocycles. The Balaban J connectivity index is 0.00000176. The van der Waals surface area contributed by atoms with Crippen molar-refractivity contribution in [1.82, 2.24) is 0 Å². The van der Waals surface area contributed by atoms with Crippen molar-refractivity contribution in [3.63, 3.8) is 0 Å². The number of benzene rings is 2. The molecule has 0 aliphatic heterocycles. The van der Waals surface area contributed by atoms with Crippen molar-refractivity contribution in [2.75, 3.05) is 0 Å². The molecule has 0 amide bonds. The van der Waals surface area contributed by atoms with E-state index in [1.54, 1.807) is 0 Å². The molecule has 0 aliphatic carbocycles. The normalized spacial score (nSPS) is 10.1. The fraction of sp³-hybridized carbons (Fsp3) is 0.100. The van der Waals surface area contributed by atoms with Crippen LogP contribution in [0.15, 0.2) is 60.8 Å². The molecule has 0 aliphatic rings. The van der Waals surface area contributed by atoms with Crippen LogP contribution in [0, 0.1) is 27.0 Å². The second kappa shape index (κ2) is 6.91. The molecule has 1 nitrogen and oxygen atoms in total. The molecule has 0 saturated heterocycles. The second-order valence-electron chi connectivity index (χ2n) is 5.37. The van der Waals surface area contributed by atoms with Crippen molar-refractivity contribution in [2.45, 2.75) is 13.8 Å². The van der Waals surface area contributed by atoms with Gasteiger partial charge in [0, 0.05) is 27.2 Å². The Labute approximate surface area is 146 Å². The first-order valence-corrected chi connectivity index (χ1v) is 7.06. The summed E-state index contributed by atoms with van der Waals surface area (Å²) >= 11 is 0. The van der Waals surface area contributed by atoms with Gasteiger partial charge in [-0.3, -0.25) is 0 Å². The minimum absolute atomic E-state index is 0. The number of aromatic nitrogens is 1. The minimum Gasteiger partial charge on any atom is -0.321 e. The van der Waals surface area contributed by atoms with Gasteiger partial charge in [-0.15, -0.1) is 29.8 Å². The van der Waals surface area contributed by atoms with Crippen molar-refractivity contribution < 1.29 is 24.7 Å². The van der Waals surface area contributed by atoms with Gasteiger partial charge in [0.15, 0.2) is 0 Å². The molecule has 2 heteroatoms.